The Hall–Kier alpha value is -4.56. The molecular weight excluding hydrogens is 496 g/mol. The zero-order valence-electron chi connectivity index (χ0n) is 16.5. The number of nitro groups is 2. The van der Waals surface area contributed by atoms with Crippen molar-refractivity contribution in [3.05, 3.63) is 96.8 Å². The fourth-order valence-electron chi connectivity index (χ4n) is 2.95. The number of hydrogen-bond donors (Lipinski definition) is 0. The number of para-hydroxylation sites is 2. The van der Waals surface area contributed by atoms with Crippen LogP contribution in [0.15, 0.2) is 69.6 Å². The van der Waals surface area contributed by atoms with Gasteiger partial charge in [0.1, 0.15) is 22.9 Å². The Morgan fingerprint density at radius 2 is 1.82 bits per heavy atom. The quantitative estimate of drug-likeness (QED) is 0.169. The molecule has 4 rings (SSSR count). The van der Waals surface area contributed by atoms with Crippen molar-refractivity contribution in [2.45, 2.75) is 0 Å². The van der Waals surface area contributed by atoms with E-state index < -0.39 is 21.2 Å². The fraction of sp³-hybridized carbons (Fsp3) is 0. The summed E-state index contributed by atoms with van der Waals surface area (Å²) in [6, 6.07) is 17.1. The Labute approximate surface area is 193 Å². The number of hydrogen-bond acceptors (Lipinski definition) is 8. The Kier molecular flexibility index (Phi) is 5.84. The van der Waals surface area contributed by atoms with E-state index in [1.165, 1.54) is 0 Å². The van der Waals surface area contributed by atoms with Gasteiger partial charge in [-0.05, 0) is 57.9 Å². The van der Waals surface area contributed by atoms with Gasteiger partial charge in [0, 0.05) is 6.07 Å². The third-order valence-electron chi connectivity index (χ3n) is 4.48. The third-order valence-corrected chi connectivity index (χ3v) is 5.10. The van der Waals surface area contributed by atoms with Gasteiger partial charge in [0.25, 0.3) is 5.69 Å². The third kappa shape index (κ3) is 4.56. The molecule has 0 fully saturated rings. The minimum Gasteiger partial charge on any atom is -0.449 e. The molecule has 1 aromatic heterocycles. The standard InChI is InChI=1S/C22H11BrN4O6/c23-16-10-13(9-14(12-24)22-25-17-3-1-2-4-20(17)33-22)5-7-19(16)32-21-8-6-15(26(28)29)11-18(21)27(30)31/h1-11H/b14-9+. The molecule has 0 aliphatic heterocycles. The first kappa shape index (κ1) is 21.7. The average Bonchev–Trinajstić information content (AvgIpc) is 3.23. The summed E-state index contributed by atoms with van der Waals surface area (Å²) in [5.41, 5.74) is 1.05. The van der Waals surface area contributed by atoms with Crippen LogP contribution in [-0.2, 0) is 0 Å². The highest BCUT2D eigenvalue weighted by molar-refractivity contribution is 9.10. The number of aromatic nitrogens is 1. The molecule has 0 saturated carbocycles. The summed E-state index contributed by atoms with van der Waals surface area (Å²) in [6.07, 6.45) is 1.58. The largest absolute Gasteiger partial charge is 0.449 e. The maximum Gasteiger partial charge on any atom is 0.318 e. The van der Waals surface area contributed by atoms with Gasteiger partial charge in [-0.25, -0.2) is 4.98 Å². The molecule has 0 aliphatic rings. The number of halogens is 1. The van der Waals surface area contributed by atoms with Crippen LogP contribution >= 0.6 is 15.9 Å². The van der Waals surface area contributed by atoms with Crippen molar-refractivity contribution < 1.29 is 19.0 Å². The van der Waals surface area contributed by atoms with Gasteiger partial charge in [0.05, 0.1) is 20.4 Å². The van der Waals surface area contributed by atoms with Gasteiger partial charge >= 0.3 is 5.69 Å². The number of ether oxygens (including phenoxy) is 1. The van der Waals surface area contributed by atoms with E-state index in [9.17, 15) is 25.5 Å². The van der Waals surface area contributed by atoms with Crippen LogP contribution in [0.5, 0.6) is 11.5 Å². The number of benzene rings is 3. The van der Waals surface area contributed by atoms with E-state index in [1.54, 1.807) is 42.5 Å². The lowest BCUT2D eigenvalue weighted by Crippen LogP contribution is -1.96. The van der Waals surface area contributed by atoms with Crippen LogP contribution in [0.4, 0.5) is 11.4 Å². The highest BCUT2D eigenvalue weighted by atomic mass is 79.9. The molecule has 0 bridgehead atoms. The zero-order chi connectivity index (χ0) is 23.5. The first-order valence-corrected chi connectivity index (χ1v) is 10.0. The van der Waals surface area contributed by atoms with Crippen molar-refractivity contribution >= 4 is 50.1 Å². The smallest absolute Gasteiger partial charge is 0.318 e. The minimum absolute atomic E-state index is 0.154. The van der Waals surface area contributed by atoms with Crippen LogP contribution in [-0.4, -0.2) is 14.8 Å². The summed E-state index contributed by atoms with van der Waals surface area (Å²) in [5.74, 6) is 0.264. The average molecular weight is 507 g/mol. The topological polar surface area (TPSA) is 145 Å². The van der Waals surface area contributed by atoms with Gasteiger partial charge in [0.2, 0.25) is 11.6 Å². The molecule has 0 aliphatic carbocycles. The lowest BCUT2D eigenvalue weighted by molar-refractivity contribution is -0.394. The highest BCUT2D eigenvalue weighted by Crippen LogP contribution is 2.37. The molecule has 3 aromatic carbocycles. The lowest BCUT2D eigenvalue weighted by atomic mass is 10.1. The molecule has 0 amide bonds. The fourth-order valence-corrected chi connectivity index (χ4v) is 3.43. The predicted octanol–water partition coefficient (Wildman–Crippen LogP) is 6.26. The second-order valence-corrected chi connectivity index (χ2v) is 7.47. The monoisotopic (exact) mass is 506 g/mol. The van der Waals surface area contributed by atoms with E-state index in [0.717, 1.165) is 18.2 Å². The maximum absolute atomic E-state index is 11.3. The number of nitro benzene ring substituents is 2. The second kappa shape index (κ2) is 8.89. The van der Waals surface area contributed by atoms with Crippen LogP contribution in [0.25, 0.3) is 22.7 Å². The predicted molar refractivity (Wildman–Crippen MR) is 121 cm³/mol. The van der Waals surface area contributed by atoms with Crippen LogP contribution in [0.3, 0.4) is 0 Å². The number of allylic oxidation sites excluding steroid dienone is 1. The zero-order valence-corrected chi connectivity index (χ0v) is 18.1. The molecule has 162 valence electrons. The summed E-state index contributed by atoms with van der Waals surface area (Å²) >= 11 is 3.35. The van der Waals surface area contributed by atoms with Crippen molar-refractivity contribution in [3.63, 3.8) is 0 Å². The van der Waals surface area contributed by atoms with E-state index >= 15 is 0 Å². The van der Waals surface area contributed by atoms with Gasteiger partial charge in [-0.2, -0.15) is 5.26 Å². The summed E-state index contributed by atoms with van der Waals surface area (Å²) in [5, 5.41) is 31.8. The molecule has 10 nitrogen and oxygen atoms in total. The Bertz CT molecular complexity index is 1460. The Morgan fingerprint density at radius 1 is 1.06 bits per heavy atom. The summed E-state index contributed by atoms with van der Waals surface area (Å²) in [6.45, 7) is 0. The van der Waals surface area contributed by atoms with Crippen molar-refractivity contribution in [1.29, 1.82) is 5.26 Å². The number of non-ortho nitro benzene ring substituents is 1. The van der Waals surface area contributed by atoms with Crippen molar-refractivity contribution in [2.24, 2.45) is 0 Å². The Balaban J connectivity index is 1.64. The SMILES string of the molecule is N#C/C(=C\c1ccc(Oc2ccc([N+](=O)[O-])cc2[N+](=O)[O-])c(Br)c1)c1nc2ccccc2o1. The summed E-state index contributed by atoms with van der Waals surface area (Å²) < 4.78 is 11.7. The molecule has 0 radical (unpaired) electrons. The summed E-state index contributed by atoms with van der Waals surface area (Å²) in [7, 11) is 0. The van der Waals surface area contributed by atoms with E-state index in [0.29, 0.717) is 21.1 Å². The molecule has 0 unspecified atom stereocenters. The maximum atomic E-state index is 11.3. The van der Waals surface area contributed by atoms with E-state index in [2.05, 4.69) is 27.0 Å². The minimum atomic E-state index is -0.757. The van der Waals surface area contributed by atoms with Gasteiger partial charge in [0.15, 0.2) is 5.58 Å². The molecule has 4 aromatic rings. The molecular formula is C22H11BrN4O6. The van der Waals surface area contributed by atoms with Gasteiger partial charge in [-0.3, -0.25) is 20.2 Å². The van der Waals surface area contributed by atoms with Crippen molar-refractivity contribution in [3.8, 4) is 17.6 Å². The highest BCUT2D eigenvalue weighted by Gasteiger charge is 2.22. The van der Waals surface area contributed by atoms with Crippen LogP contribution in [0.1, 0.15) is 11.5 Å². The molecule has 0 spiro atoms. The lowest BCUT2D eigenvalue weighted by Gasteiger charge is -2.09. The van der Waals surface area contributed by atoms with Crippen molar-refractivity contribution in [2.75, 3.05) is 0 Å². The number of rotatable bonds is 6. The normalized spacial score (nSPS) is 11.2. The first-order valence-electron chi connectivity index (χ1n) is 9.23. The number of oxazole rings is 1. The number of nitriles is 1. The second-order valence-electron chi connectivity index (χ2n) is 6.61. The molecule has 0 atom stereocenters. The molecule has 0 saturated heterocycles. The van der Waals surface area contributed by atoms with Crippen LogP contribution in [0.2, 0.25) is 0 Å². The number of nitrogens with zero attached hydrogens (tertiary/aromatic N) is 4. The van der Waals surface area contributed by atoms with E-state index in [-0.39, 0.29) is 23.0 Å². The van der Waals surface area contributed by atoms with Gasteiger partial charge in [-0.15, -0.1) is 0 Å². The van der Waals surface area contributed by atoms with E-state index in [1.807, 2.05) is 6.07 Å². The van der Waals surface area contributed by atoms with Crippen LogP contribution < -0.4 is 4.74 Å². The number of fused-ring (bicyclic) bond motifs is 1. The Morgan fingerprint density at radius 3 is 2.48 bits per heavy atom. The van der Waals surface area contributed by atoms with Crippen molar-refractivity contribution in [1.82, 2.24) is 4.98 Å². The molecule has 1 heterocycles. The molecule has 11 heteroatoms. The molecule has 33 heavy (non-hydrogen) atoms. The summed E-state index contributed by atoms with van der Waals surface area (Å²) in [4.78, 5) is 25.0. The first-order chi connectivity index (χ1) is 15.9. The molecule has 0 N–H and O–H groups in total. The van der Waals surface area contributed by atoms with E-state index in [4.69, 9.17) is 9.15 Å². The van der Waals surface area contributed by atoms with Gasteiger partial charge < -0.3 is 9.15 Å². The van der Waals surface area contributed by atoms with Gasteiger partial charge in [-0.1, -0.05) is 18.2 Å². The van der Waals surface area contributed by atoms with Crippen LogP contribution in [0, 0.1) is 31.6 Å².